The maximum Gasteiger partial charge on any atom is 0.326 e. The number of piperazine rings is 1. The second-order valence-electron chi connectivity index (χ2n) is 23.4. The zero-order valence-corrected chi connectivity index (χ0v) is 54.9. The van der Waals surface area contributed by atoms with E-state index in [0.717, 1.165) is 0 Å². The fourth-order valence-electron chi connectivity index (χ4n) is 10.9. The molecule has 2 aromatic heterocycles. The number of allylic oxidation sites excluding steroid dienone is 2. The van der Waals surface area contributed by atoms with Crippen LogP contribution in [0.2, 0.25) is 0 Å². The standard InChI is InChI=1S/C57H77N17O15S2.V.H2/c1-26-40(44(80)39-32(24-89-28(3)75)57(88-8)45-35(67-45)23-74(57)42(39)43(26)79)73-55(4,5)17-19-90-91-25-36(50(84)65-27(2)47(81)64-22-38(77)78)69-49(83)33(10-9-18-61-53(58)59)72-56(6,7)37(76)16-15-34(52(86)87)68-48(82)29-11-13-30(14-12-29)62-20-31-21-63-46-41(66-31)51(85)71-54(60)70-46;;/h11-14,21,27,32-36,45,62,67,72-73H,9-10,15-20,22-25H2,1-8H3,(H,64,81)(H,65,84)(H,68,82)(H,69,83)(H,77,78)(H,86,87)(H4,58,59,61)(H3,60,63,70,71,85);;1H/t27-,32+,33?,34-,35?,36-,45?,57+;;/m0../s1/i;;1+1. The van der Waals surface area contributed by atoms with Gasteiger partial charge in [-0.15, -0.1) is 0 Å². The summed E-state index contributed by atoms with van der Waals surface area (Å²) < 4.78 is 11.6. The first-order valence-corrected chi connectivity index (χ1v) is 31.5. The third-order valence-corrected chi connectivity index (χ3v) is 18.2. The molecular formula is C57H79N17O15S2V. The predicted molar refractivity (Wildman–Crippen MR) is 336 cm³/mol. The average Bonchev–Trinajstić information content (AvgIpc) is 1.50. The number of anilines is 2. The van der Waals surface area contributed by atoms with E-state index in [1.165, 1.54) is 74.7 Å². The number of benzene rings is 1. The molecule has 32 nitrogen and oxygen atoms in total. The monoisotopic (exact) mass is 1360 g/mol. The molecule has 5 heterocycles. The van der Waals surface area contributed by atoms with Gasteiger partial charge in [0.1, 0.15) is 31.3 Å². The molecule has 3 unspecified atom stereocenters. The number of ether oxygens (including phenoxy) is 2. The Labute approximate surface area is 549 Å². The normalized spacial score (nSPS) is 19.4. The molecule has 4 amide bonds. The summed E-state index contributed by atoms with van der Waals surface area (Å²) in [6.07, 6.45) is 1.25. The van der Waals surface area contributed by atoms with Gasteiger partial charge in [-0.2, -0.15) is 4.98 Å². The van der Waals surface area contributed by atoms with Crippen LogP contribution in [0, 0.1) is 5.92 Å². The molecule has 1 aromatic carbocycles. The molecule has 1 aliphatic carbocycles. The number of rotatable bonds is 34. The van der Waals surface area contributed by atoms with Crippen LogP contribution in [-0.2, 0) is 77.7 Å². The minimum absolute atomic E-state index is 0. The number of hydrogen-bond acceptors (Lipinski definition) is 25. The van der Waals surface area contributed by atoms with E-state index in [2.05, 4.69) is 67.5 Å². The van der Waals surface area contributed by atoms with Gasteiger partial charge < -0.3 is 79.0 Å². The van der Waals surface area contributed by atoms with Crippen molar-refractivity contribution >= 4 is 109 Å². The van der Waals surface area contributed by atoms with Crippen molar-refractivity contribution in [1.29, 1.82) is 0 Å². The van der Waals surface area contributed by atoms with Gasteiger partial charge >= 0.3 is 17.9 Å². The molecule has 17 N–H and O–H groups in total. The van der Waals surface area contributed by atoms with Gasteiger partial charge in [-0.3, -0.25) is 63.2 Å². The molecule has 2 fully saturated rings. The molecule has 499 valence electrons. The first kappa shape index (κ1) is 72.9. The van der Waals surface area contributed by atoms with E-state index in [9.17, 15) is 57.8 Å². The Morgan fingerprint density at radius 3 is 2.28 bits per heavy atom. The summed E-state index contributed by atoms with van der Waals surface area (Å²) in [5.74, 6) is -8.57. The Hall–Kier alpha value is -8.15. The quantitative estimate of drug-likeness (QED) is 0.00627. The number of H-pyrrole nitrogens is 1. The molecule has 0 bridgehead atoms. The number of aromatic nitrogens is 4. The van der Waals surface area contributed by atoms with Crippen LogP contribution in [-0.4, -0.2) is 198 Å². The SMILES string of the molecule is CO[C@]12C3NC3CN1C1=C(C(=O)C(NC(C)(C)CCSSC[C@H](NC(=O)C(CCCN=C(N)N)NC(C)(C)C(=O)CC[C@H](NC(=O)c3ccc(NCc4cnc5nc(N)[nH]c(=O)c5n4)cc3)C(=O)O)C(=O)N[C@@H](C)C(=O)NCC(=O)O)=C(C)C1=O)[C@H]2COC(C)=O.[2HH].[V]. The largest absolute Gasteiger partial charge is 0.480 e. The van der Waals surface area contributed by atoms with Gasteiger partial charge in [-0.1, -0.05) is 21.6 Å². The summed E-state index contributed by atoms with van der Waals surface area (Å²) in [5.41, 5.74) is 14.5. The van der Waals surface area contributed by atoms with E-state index < -0.39 is 119 Å². The average molecular weight is 1360 g/mol. The molecule has 8 atom stereocenters. The molecule has 0 spiro atoms. The number of nitrogens with one attached hydrogen (secondary N) is 9. The summed E-state index contributed by atoms with van der Waals surface area (Å²) in [5, 5.41) is 42.0. The van der Waals surface area contributed by atoms with Gasteiger partial charge in [0.05, 0.1) is 53.4 Å². The van der Waals surface area contributed by atoms with E-state index in [-0.39, 0.29) is 134 Å². The van der Waals surface area contributed by atoms with Crippen molar-refractivity contribution in [2.24, 2.45) is 22.4 Å². The smallest absolute Gasteiger partial charge is 0.326 e. The minimum Gasteiger partial charge on any atom is -0.480 e. The van der Waals surface area contributed by atoms with Gasteiger partial charge in [0.25, 0.3) is 11.5 Å². The topological polar surface area (TPSA) is 501 Å². The Bertz CT molecular complexity index is 3540. The van der Waals surface area contributed by atoms with E-state index in [4.69, 9.17) is 31.8 Å². The Kier molecular flexibility index (Phi) is 24.6. The summed E-state index contributed by atoms with van der Waals surface area (Å²) in [6.45, 7) is 10.5. The third kappa shape index (κ3) is 17.7. The van der Waals surface area contributed by atoms with Gasteiger partial charge in [0.15, 0.2) is 28.6 Å². The predicted octanol–water partition coefficient (Wildman–Crippen LogP) is -1.32. The number of guanidine groups is 1. The van der Waals surface area contributed by atoms with Crippen molar-refractivity contribution < 1.29 is 87.6 Å². The maximum absolute atomic E-state index is 14.6. The molecule has 3 aliphatic heterocycles. The van der Waals surface area contributed by atoms with Crippen LogP contribution < -0.4 is 65.3 Å². The molecule has 4 aliphatic rings. The number of nitrogens with zero attached hydrogens (tertiary/aromatic N) is 5. The summed E-state index contributed by atoms with van der Waals surface area (Å²) in [7, 11) is 4.00. The van der Waals surface area contributed by atoms with Crippen LogP contribution in [0.1, 0.15) is 98.0 Å². The van der Waals surface area contributed by atoms with Crippen molar-refractivity contribution in [2.45, 2.75) is 140 Å². The van der Waals surface area contributed by atoms with Gasteiger partial charge in [0.2, 0.25) is 35.2 Å². The number of fused-ring (bicyclic) bond motifs is 5. The number of carboxylic acids is 2. The molecule has 1 radical (unpaired) electrons. The van der Waals surface area contributed by atoms with E-state index in [1.807, 2.05) is 18.7 Å². The van der Waals surface area contributed by atoms with Crippen LogP contribution in [0.25, 0.3) is 11.2 Å². The van der Waals surface area contributed by atoms with Gasteiger partial charge in [-0.05, 0) is 91.5 Å². The summed E-state index contributed by atoms with van der Waals surface area (Å²) in [4.78, 5) is 166. The van der Waals surface area contributed by atoms with Crippen molar-refractivity contribution in [3.63, 3.8) is 0 Å². The van der Waals surface area contributed by atoms with Crippen LogP contribution >= 0.6 is 21.6 Å². The Morgan fingerprint density at radius 2 is 1.63 bits per heavy atom. The second-order valence-corrected chi connectivity index (χ2v) is 26.0. The maximum atomic E-state index is 14.6. The number of aliphatic imine (C=N–C) groups is 1. The number of aromatic amines is 1. The van der Waals surface area contributed by atoms with E-state index >= 15 is 0 Å². The van der Waals surface area contributed by atoms with Gasteiger partial charge in [-0.25, -0.2) is 14.8 Å². The fourth-order valence-corrected chi connectivity index (χ4v) is 13.3. The number of nitrogen functional groups attached to an aromatic ring is 1. The number of nitrogens with two attached hydrogens (primary N) is 3. The molecule has 7 rings (SSSR count). The number of carboxylic acid groups (broad SMARTS) is 2. The van der Waals surface area contributed by atoms with Crippen LogP contribution in [0.5, 0.6) is 0 Å². The van der Waals surface area contributed by atoms with E-state index in [0.29, 0.717) is 30.1 Å². The zero-order valence-electron chi connectivity index (χ0n) is 51.8. The number of ketones is 3. The molecular weight excluding hydrogens is 1280 g/mol. The second kappa shape index (κ2) is 31.0. The fraction of sp³-hybridized carbons (Fsp3) is 0.526. The Balaban J connectivity index is 0.00000784. The summed E-state index contributed by atoms with van der Waals surface area (Å²) in [6, 6.07) is 0.500. The molecule has 2 saturated heterocycles. The Morgan fingerprint density at radius 1 is 0.935 bits per heavy atom. The summed E-state index contributed by atoms with van der Waals surface area (Å²) >= 11 is 0. The van der Waals surface area contributed by atoms with Crippen molar-refractivity contribution in [1.82, 2.24) is 62.1 Å². The third-order valence-electron chi connectivity index (χ3n) is 15.7. The van der Waals surface area contributed by atoms with Crippen molar-refractivity contribution in [3.05, 3.63) is 74.6 Å². The zero-order chi connectivity index (χ0) is 66.9. The van der Waals surface area contributed by atoms with Gasteiger partial charge in [0, 0.05) is 99.0 Å². The van der Waals surface area contributed by atoms with Crippen molar-refractivity contribution in [3.8, 4) is 0 Å². The van der Waals surface area contributed by atoms with Crippen LogP contribution in [0.3, 0.4) is 0 Å². The number of methoxy groups -OCH3 is 1. The number of hydrogen-bond donors (Lipinski definition) is 14. The number of esters is 1. The first-order valence-electron chi connectivity index (χ1n) is 29.0. The number of Topliss-reactive ketones (excluding diaryl/α,β-unsaturated/α-hetero) is 3. The number of carbonyl (C=O) groups excluding carboxylic acids is 8. The molecule has 3 aromatic rings. The molecule has 0 saturated carbocycles. The molecule has 92 heavy (non-hydrogen) atoms. The number of aliphatic carboxylic acids is 2. The minimum atomic E-state index is -1.54. The van der Waals surface area contributed by atoms with Crippen LogP contribution in [0.4, 0.5) is 11.6 Å². The van der Waals surface area contributed by atoms with E-state index in [1.54, 1.807) is 19.1 Å². The number of amides is 4. The first-order chi connectivity index (χ1) is 42.9. The van der Waals surface area contributed by atoms with Crippen LogP contribution in [0.15, 0.2) is 62.8 Å². The molecule has 35 heteroatoms. The number of carbonyl (C=O) groups is 10. The van der Waals surface area contributed by atoms with Crippen molar-refractivity contribution in [2.75, 3.05) is 55.9 Å².